The molecule has 1 aliphatic heterocycles. The number of carbonyl (C=O) groups is 1. The van der Waals surface area contributed by atoms with Crippen LogP contribution in [0.25, 0.3) is 0 Å². The van der Waals surface area contributed by atoms with Gasteiger partial charge in [0.2, 0.25) is 10.0 Å². The Morgan fingerprint density at radius 3 is 2.67 bits per heavy atom. The number of hydrogen-bond acceptors (Lipinski definition) is 5. The van der Waals surface area contributed by atoms with Crippen molar-refractivity contribution in [3.05, 3.63) is 11.4 Å². The average Bonchev–Trinajstić information content (AvgIpc) is 2.95. The van der Waals surface area contributed by atoms with E-state index < -0.39 is 22.0 Å². The van der Waals surface area contributed by atoms with E-state index >= 15 is 0 Å². The smallest absolute Gasteiger partial charge is 0.325 e. The molecule has 2 heterocycles. The van der Waals surface area contributed by atoms with Gasteiger partial charge in [-0.2, -0.15) is 9.40 Å². The summed E-state index contributed by atoms with van der Waals surface area (Å²) in [4.78, 5) is 10.8. The van der Waals surface area contributed by atoms with E-state index in [1.165, 1.54) is 8.99 Å². The molecular formula is C12H19N3O5S. The minimum atomic E-state index is -3.78. The monoisotopic (exact) mass is 317 g/mol. The molecule has 0 aromatic carbocycles. The van der Waals surface area contributed by atoms with Crippen LogP contribution in [0.4, 0.5) is 0 Å². The van der Waals surface area contributed by atoms with Crippen LogP contribution in [0, 0.1) is 13.8 Å². The zero-order chi connectivity index (χ0) is 15.8. The second kappa shape index (κ2) is 5.74. The number of rotatable bonds is 5. The maximum absolute atomic E-state index is 12.8. The first-order valence-corrected chi connectivity index (χ1v) is 8.11. The normalized spacial score (nSPS) is 20.0. The molecule has 0 amide bonds. The van der Waals surface area contributed by atoms with Gasteiger partial charge in [-0.25, -0.2) is 8.42 Å². The lowest BCUT2D eigenvalue weighted by molar-refractivity contribution is -0.137. The average molecular weight is 317 g/mol. The Morgan fingerprint density at radius 1 is 1.43 bits per heavy atom. The number of sulfonamides is 1. The molecule has 0 saturated carbocycles. The van der Waals surface area contributed by atoms with Gasteiger partial charge in [0, 0.05) is 12.6 Å². The molecule has 9 heteroatoms. The highest BCUT2D eigenvalue weighted by Crippen LogP contribution is 2.29. The molecule has 1 aromatic heterocycles. The van der Waals surface area contributed by atoms with E-state index in [4.69, 9.17) is 5.11 Å². The van der Waals surface area contributed by atoms with Crippen LogP contribution in [0.5, 0.6) is 0 Å². The van der Waals surface area contributed by atoms with Gasteiger partial charge in [0.1, 0.15) is 11.4 Å². The maximum atomic E-state index is 12.8. The fourth-order valence-electron chi connectivity index (χ4n) is 2.76. The van der Waals surface area contributed by atoms with Gasteiger partial charge in [-0.1, -0.05) is 0 Å². The number of nitrogens with zero attached hydrogens (tertiary/aromatic N) is 3. The molecule has 0 aliphatic carbocycles. The second-order valence-corrected chi connectivity index (χ2v) is 6.97. The van der Waals surface area contributed by atoms with Crippen LogP contribution in [0.2, 0.25) is 0 Å². The summed E-state index contributed by atoms with van der Waals surface area (Å²) in [5.41, 5.74) is 0.579. The molecule has 21 heavy (non-hydrogen) atoms. The summed E-state index contributed by atoms with van der Waals surface area (Å²) < 4.78 is 28.0. The summed E-state index contributed by atoms with van der Waals surface area (Å²) in [6.45, 7) is 2.84. The number of carboxylic acids is 1. The molecule has 0 radical (unpaired) electrons. The Bertz CT molecular complexity index is 652. The first kappa shape index (κ1) is 15.9. The number of aliphatic hydroxyl groups excluding tert-OH is 1. The molecule has 1 atom stereocenters. The Morgan fingerprint density at radius 2 is 2.10 bits per heavy atom. The lowest BCUT2D eigenvalue weighted by Crippen LogP contribution is -2.38. The number of aliphatic hydroxyl groups is 1. The highest BCUT2D eigenvalue weighted by molar-refractivity contribution is 7.89. The summed E-state index contributed by atoms with van der Waals surface area (Å²) >= 11 is 0. The third-order valence-corrected chi connectivity index (χ3v) is 5.91. The minimum absolute atomic E-state index is 0.0455. The van der Waals surface area contributed by atoms with E-state index in [-0.39, 0.29) is 23.7 Å². The lowest BCUT2D eigenvalue weighted by Gasteiger charge is -2.22. The van der Waals surface area contributed by atoms with Crippen LogP contribution in [-0.4, -0.2) is 57.9 Å². The van der Waals surface area contributed by atoms with E-state index in [0.29, 0.717) is 25.1 Å². The fraction of sp³-hybridized carbons (Fsp3) is 0.667. The number of aromatic nitrogens is 2. The molecule has 0 bridgehead atoms. The molecule has 2 rings (SSSR count). The summed E-state index contributed by atoms with van der Waals surface area (Å²) in [6, 6.07) is -0.420. The van der Waals surface area contributed by atoms with Gasteiger partial charge in [-0.15, -0.1) is 0 Å². The minimum Gasteiger partial charge on any atom is -0.480 e. The van der Waals surface area contributed by atoms with Gasteiger partial charge in [0.15, 0.2) is 0 Å². The molecule has 1 fully saturated rings. The second-order valence-electron chi connectivity index (χ2n) is 5.15. The number of aryl methyl sites for hydroxylation is 1. The third kappa shape index (κ3) is 2.81. The Hall–Kier alpha value is -1.45. The van der Waals surface area contributed by atoms with Gasteiger partial charge in [0.25, 0.3) is 0 Å². The van der Waals surface area contributed by atoms with Crippen molar-refractivity contribution in [3.8, 4) is 0 Å². The molecular weight excluding hydrogens is 298 g/mol. The molecule has 0 spiro atoms. The van der Waals surface area contributed by atoms with Crippen LogP contribution in [0.15, 0.2) is 4.90 Å². The van der Waals surface area contributed by atoms with Gasteiger partial charge in [0.05, 0.1) is 18.0 Å². The largest absolute Gasteiger partial charge is 0.480 e. The number of aliphatic carboxylic acids is 1. The predicted octanol–water partition coefficient (Wildman–Crippen LogP) is -0.270. The lowest BCUT2D eigenvalue weighted by atomic mass is 10.2. The van der Waals surface area contributed by atoms with E-state index in [0.717, 1.165) is 0 Å². The third-order valence-electron chi connectivity index (χ3n) is 3.70. The molecule has 1 aliphatic rings. The van der Waals surface area contributed by atoms with Crippen LogP contribution in [0.1, 0.15) is 24.2 Å². The van der Waals surface area contributed by atoms with Crippen LogP contribution in [-0.2, 0) is 21.4 Å². The molecule has 8 nitrogen and oxygen atoms in total. The van der Waals surface area contributed by atoms with E-state index in [1.807, 2.05) is 0 Å². The summed E-state index contributed by atoms with van der Waals surface area (Å²) in [5.74, 6) is -1.08. The van der Waals surface area contributed by atoms with Gasteiger partial charge in [-0.05, 0) is 26.7 Å². The van der Waals surface area contributed by atoms with E-state index in [9.17, 15) is 18.3 Å². The van der Waals surface area contributed by atoms with Crippen molar-refractivity contribution in [1.29, 1.82) is 0 Å². The van der Waals surface area contributed by atoms with Gasteiger partial charge in [-0.3, -0.25) is 9.48 Å². The topological polar surface area (TPSA) is 113 Å². The van der Waals surface area contributed by atoms with Crippen molar-refractivity contribution in [2.24, 2.45) is 0 Å². The standard InChI is InChI=1S/C12H19N3O5S/c1-8-12(9(2)14(13-8)6-11(17)18)21(19,20)15-5-3-4-10(15)7-16/h10,16H,3-7H2,1-2H3,(H,17,18)/t10-/m0/s1. The molecule has 1 saturated heterocycles. The van der Waals surface area contributed by atoms with Crippen LogP contribution in [0.3, 0.4) is 0 Å². The summed E-state index contributed by atoms with van der Waals surface area (Å²) in [5, 5.41) is 22.1. The van der Waals surface area contributed by atoms with Crippen molar-refractivity contribution < 1.29 is 23.4 Å². The van der Waals surface area contributed by atoms with Crippen molar-refractivity contribution >= 4 is 16.0 Å². The number of hydrogen-bond donors (Lipinski definition) is 2. The molecule has 0 unspecified atom stereocenters. The first-order valence-electron chi connectivity index (χ1n) is 6.67. The van der Waals surface area contributed by atoms with Gasteiger partial charge < -0.3 is 10.2 Å². The SMILES string of the molecule is Cc1nn(CC(=O)O)c(C)c1S(=O)(=O)N1CCC[C@H]1CO. The number of carboxylic acid groups (broad SMARTS) is 1. The molecule has 2 N–H and O–H groups in total. The van der Waals surface area contributed by atoms with Crippen molar-refractivity contribution in [3.63, 3.8) is 0 Å². The van der Waals surface area contributed by atoms with Crippen molar-refractivity contribution in [2.45, 2.75) is 44.2 Å². The van der Waals surface area contributed by atoms with E-state index in [1.54, 1.807) is 13.8 Å². The van der Waals surface area contributed by atoms with Crippen LogP contribution >= 0.6 is 0 Å². The Labute approximate surface area is 123 Å². The maximum Gasteiger partial charge on any atom is 0.325 e. The quantitative estimate of drug-likeness (QED) is 0.773. The predicted molar refractivity (Wildman–Crippen MR) is 73.3 cm³/mol. The zero-order valence-corrected chi connectivity index (χ0v) is 12.8. The Kier molecular flexibility index (Phi) is 4.35. The highest BCUT2D eigenvalue weighted by Gasteiger charge is 2.38. The highest BCUT2D eigenvalue weighted by atomic mass is 32.2. The molecule has 118 valence electrons. The first-order chi connectivity index (χ1) is 9.78. The van der Waals surface area contributed by atoms with Crippen molar-refractivity contribution in [2.75, 3.05) is 13.2 Å². The summed E-state index contributed by atoms with van der Waals surface area (Å²) in [7, 11) is -3.78. The van der Waals surface area contributed by atoms with Gasteiger partial charge >= 0.3 is 5.97 Å². The fourth-order valence-corrected chi connectivity index (χ4v) is 4.82. The van der Waals surface area contributed by atoms with E-state index in [2.05, 4.69) is 5.10 Å². The zero-order valence-electron chi connectivity index (χ0n) is 12.0. The summed E-state index contributed by atoms with van der Waals surface area (Å²) in [6.07, 6.45) is 1.32. The Balaban J connectivity index is 2.45. The van der Waals surface area contributed by atoms with Crippen molar-refractivity contribution in [1.82, 2.24) is 14.1 Å². The molecule has 1 aromatic rings. The van der Waals surface area contributed by atoms with Crippen LogP contribution < -0.4 is 0 Å².